The quantitative estimate of drug-likeness (QED) is 0.407. The molecule has 130 valence electrons. The molecule has 1 aliphatic heterocycles. The molecule has 2 rings (SSSR count). The molecule has 0 spiro atoms. The number of rotatable bonds is 4. The highest BCUT2D eigenvalue weighted by Gasteiger charge is 2.26. The standard InChI is InChI=1S/C13H15ClF3N3O2.HI/c1-18-12(19-3-2-13(15,16)17)20-6-8-4-9(14)11-10(5-8)21-7-22-11;/h4-5H,2-3,6-7H2,1H3,(H2,18,19,20);1H. The summed E-state index contributed by atoms with van der Waals surface area (Å²) in [5.74, 6) is 1.32. The lowest BCUT2D eigenvalue weighted by Gasteiger charge is -2.13. The second-order valence-corrected chi connectivity index (χ2v) is 4.94. The van der Waals surface area contributed by atoms with Crippen molar-refractivity contribution in [1.29, 1.82) is 0 Å². The van der Waals surface area contributed by atoms with Crippen LogP contribution in [0.3, 0.4) is 0 Å². The molecule has 5 nitrogen and oxygen atoms in total. The number of nitrogens with zero attached hydrogens (tertiary/aromatic N) is 1. The Hall–Kier alpha value is -1.10. The molecule has 10 heteroatoms. The number of alkyl halides is 3. The molecule has 23 heavy (non-hydrogen) atoms. The smallest absolute Gasteiger partial charge is 0.390 e. The van der Waals surface area contributed by atoms with Gasteiger partial charge in [-0.25, -0.2) is 0 Å². The molecule has 0 atom stereocenters. The van der Waals surface area contributed by atoms with Gasteiger partial charge in [0.2, 0.25) is 6.79 Å². The number of ether oxygens (including phenoxy) is 2. The molecule has 0 radical (unpaired) electrons. The molecule has 0 fully saturated rings. The predicted octanol–water partition coefficient (Wildman–Crippen LogP) is 3.30. The van der Waals surface area contributed by atoms with Crippen LogP contribution in [0.5, 0.6) is 11.5 Å². The maximum absolute atomic E-state index is 12.1. The molecule has 0 aliphatic carbocycles. The first-order valence-corrected chi connectivity index (χ1v) is 6.86. The number of fused-ring (bicyclic) bond motifs is 1. The van der Waals surface area contributed by atoms with Crippen LogP contribution in [-0.4, -0.2) is 32.5 Å². The fourth-order valence-electron chi connectivity index (χ4n) is 1.85. The average Bonchev–Trinajstić information content (AvgIpc) is 2.90. The molecular weight excluding hydrogens is 450 g/mol. The Morgan fingerprint density at radius 2 is 2.04 bits per heavy atom. The predicted molar refractivity (Wildman–Crippen MR) is 91.9 cm³/mol. The molecule has 0 saturated heterocycles. The summed E-state index contributed by atoms with van der Waals surface area (Å²) in [4.78, 5) is 3.86. The minimum atomic E-state index is -4.20. The third-order valence-electron chi connectivity index (χ3n) is 2.87. The largest absolute Gasteiger partial charge is 0.454 e. The molecular formula is C13H16ClF3IN3O2. The zero-order valence-corrected chi connectivity index (χ0v) is 15.3. The Labute approximate surface area is 153 Å². The second-order valence-electron chi connectivity index (χ2n) is 4.53. The van der Waals surface area contributed by atoms with Crippen LogP contribution in [0.2, 0.25) is 5.02 Å². The van der Waals surface area contributed by atoms with E-state index in [1.165, 1.54) is 7.05 Å². The monoisotopic (exact) mass is 465 g/mol. The topological polar surface area (TPSA) is 54.9 Å². The summed E-state index contributed by atoms with van der Waals surface area (Å²) in [6.07, 6.45) is -5.12. The van der Waals surface area contributed by atoms with Crippen molar-refractivity contribution in [2.45, 2.75) is 19.1 Å². The van der Waals surface area contributed by atoms with Crippen molar-refractivity contribution in [1.82, 2.24) is 10.6 Å². The van der Waals surface area contributed by atoms with E-state index in [4.69, 9.17) is 21.1 Å². The van der Waals surface area contributed by atoms with Gasteiger partial charge in [0.1, 0.15) is 0 Å². The molecule has 0 saturated carbocycles. The summed E-state index contributed by atoms with van der Waals surface area (Å²) >= 11 is 6.05. The Morgan fingerprint density at radius 1 is 1.30 bits per heavy atom. The molecule has 1 aromatic carbocycles. The van der Waals surface area contributed by atoms with E-state index < -0.39 is 12.6 Å². The Kier molecular flexibility index (Phi) is 7.52. The van der Waals surface area contributed by atoms with Crippen LogP contribution in [0, 0.1) is 0 Å². The van der Waals surface area contributed by atoms with Crippen molar-refractivity contribution in [3.05, 3.63) is 22.7 Å². The lowest BCUT2D eigenvalue weighted by atomic mass is 10.2. The molecule has 0 amide bonds. The van der Waals surface area contributed by atoms with Crippen LogP contribution < -0.4 is 20.1 Å². The van der Waals surface area contributed by atoms with Crippen molar-refractivity contribution < 1.29 is 22.6 Å². The zero-order valence-electron chi connectivity index (χ0n) is 12.2. The molecule has 0 unspecified atom stereocenters. The van der Waals surface area contributed by atoms with Crippen molar-refractivity contribution in [3.8, 4) is 11.5 Å². The summed E-state index contributed by atoms with van der Waals surface area (Å²) in [5, 5.41) is 5.92. The first-order chi connectivity index (χ1) is 10.4. The third-order valence-corrected chi connectivity index (χ3v) is 3.15. The highest BCUT2D eigenvalue weighted by molar-refractivity contribution is 14.0. The van der Waals surface area contributed by atoms with Crippen molar-refractivity contribution >= 4 is 41.5 Å². The van der Waals surface area contributed by atoms with Crippen LogP contribution >= 0.6 is 35.6 Å². The van der Waals surface area contributed by atoms with Crippen LogP contribution in [0.4, 0.5) is 13.2 Å². The second kappa shape index (κ2) is 8.67. The van der Waals surface area contributed by atoms with Gasteiger partial charge >= 0.3 is 6.18 Å². The number of benzene rings is 1. The highest BCUT2D eigenvalue weighted by atomic mass is 127. The average molecular weight is 466 g/mol. The molecule has 1 aromatic rings. The van der Waals surface area contributed by atoms with E-state index in [2.05, 4.69) is 15.6 Å². The summed E-state index contributed by atoms with van der Waals surface area (Å²) in [6, 6.07) is 3.45. The van der Waals surface area contributed by atoms with Gasteiger partial charge in [0, 0.05) is 20.1 Å². The van der Waals surface area contributed by atoms with Gasteiger partial charge < -0.3 is 20.1 Å². The van der Waals surface area contributed by atoms with Crippen LogP contribution in [-0.2, 0) is 6.54 Å². The van der Waals surface area contributed by atoms with E-state index in [9.17, 15) is 13.2 Å². The van der Waals surface area contributed by atoms with Gasteiger partial charge in [0.15, 0.2) is 17.5 Å². The van der Waals surface area contributed by atoms with E-state index >= 15 is 0 Å². The molecule has 0 aromatic heterocycles. The number of halogens is 5. The number of aliphatic imine (C=N–C) groups is 1. The highest BCUT2D eigenvalue weighted by Crippen LogP contribution is 2.39. The summed E-state index contributed by atoms with van der Waals surface area (Å²) < 4.78 is 46.7. The van der Waals surface area contributed by atoms with Gasteiger partial charge in [-0.3, -0.25) is 4.99 Å². The third kappa shape index (κ3) is 6.13. The van der Waals surface area contributed by atoms with Gasteiger partial charge in [-0.2, -0.15) is 13.2 Å². The fraction of sp³-hybridized carbons (Fsp3) is 0.462. The van der Waals surface area contributed by atoms with E-state index in [1.807, 2.05) is 0 Å². The van der Waals surface area contributed by atoms with Crippen molar-refractivity contribution in [2.24, 2.45) is 4.99 Å². The van der Waals surface area contributed by atoms with Crippen LogP contribution in [0.25, 0.3) is 0 Å². The lowest BCUT2D eigenvalue weighted by Crippen LogP contribution is -2.38. The van der Waals surface area contributed by atoms with Gasteiger partial charge in [-0.1, -0.05) is 11.6 Å². The van der Waals surface area contributed by atoms with E-state index in [1.54, 1.807) is 12.1 Å². The number of hydrogen-bond acceptors (Lipinski definition) is 3. The summed E-state index contributed by atoms with van der Waals surface area (Å²) in [6.45, 7) is 0.208. The molecule has 2 N–H and O–H groups in total. The fourth-order valence-corrected chi connectivity index (χ4v) is 2.14. The van der Waals surface area contributed by atoms with Crippen LogP contribution in [0.1, 0.15) is 12.0 Å². The SMILES string of the molecule is CN=C(NCCC(F)(F)F)NCc1cc(Cl)c2c(c1)OCO2.I. The first kappa shape index (κ1) is 19.9. The first-order valence-electron chi connectivity index (χ1n) is 6.48. The minimum Gasteiger partial charge on any atom is -0.454 e. The Morgan fingerprint density at radius 3 is 2.70 bits per heavy atom. The van der Waals surface area contributed by atoms with Gasteiger partial charge in [-0.05, 0) is 17.7 Å². The lowest BCUT2D eigenvalue weighted by molar-refractivity contribution is -0.132. The van der Waals surface area contributed by atoms with E-state index in [-0.39, 0.29) is 43.3 Å². The van der Waals surface area contributed by atoms with Crippen molar-refractivity contribution in [2.75, 3.05) is 20.4 Å². The van der Waals surface area contributed by atoms with E-state index in [0.29, 0.717) is 23.1 Å². The normalized spacial score (nSPS) is 13.5. The molecule has 1 aliphatic rings. The molecule has 1 heterocycles. The number of hydrogen-bond donors (Lipinski definition) is 2. The maximum Gasteiger partial charge on any atom is 0.390 e. The van der Waals surface area contributed by atoms with Gasteiger partial charge in [0.05, 0.1) is 11.4 Å². The number of nitrogens with one attached hydrogen (secondary N) is 2. The van der Waals surface area contributed by atoms with Gasteiger partial charge in [-0.15, -0.1) is 24.0 Å². The number of guanidine groups is 1. The van der Waals surface area contributed by atoms with Crippen LogP contribution in [0.15, 0.2) is 17.1 Å². The summed E-state index contributed by atoms with van der Waals surface area (Å²) in [5.41, 5.74) is 0.799. The maximum atomic E-state index is 12.1. The van der Waals surface area contributed by atoms with Gasteiger partial charge in [0.25, 0.3) is 0 Å². The Bertz CT molecular complexity index is 570. The molecule has 0 bridgehead atoms. The van der Waals surface area contributed by atoms with Crippen molar-refractivity contribution in [3.63, 3.8) is 0 Å². The Balaban J connectivity index is 0.00000264. The summed E-state index contributed by atoms with van der Waals surface area (Å²) in [7, 11) is 1.48. The van der Waals surface area contributed by atoms with E-state index in [0.717, 1.165) is 5.56 Å². The zero-order chi connectivity index (χ0) is 16.2. The minimum absolute atomic E-state index is 0.